The first-order valence-electron chi connectivity index (χ1n) is 7.13. The van der Waals surface area contributed by atoms with Gasteiger partial charge >= 0.3 is 0 Å². The first-order chi connectivity index (χ1) is 10.9. The molecule has 0 radical (unpaired) electrons. The van der Waals surface area contributed by atoms with Crippen molar-refractivity contribution in [2.24, 2.45) is 0 Å². The molecule has 1 saturated heterocycles. The third-order valence-electron chi connectivity index (χ3n) is 3.51. The Morgan fingerprint density at radius 3 is 2.65 bits per heavy atom. The zero-order valence-electron chi connectivity index (χ0n) is 12.6. The second kappa shape index (κ2) is 7.66. The van der Waals surface area contributed by atoms with Gasteiger partial charge in [-0.05, 0) is 24.6 Å². The molecule has 124 valence electrons. The molecule has 0 spiro atoms. The van der Waals surface area contributed by atoms with Crippen molar-refractivity contribution >= 4 is 46.6 Å². The predicted octanol–water partition coefficient (Wildman–Crippen LogP) is 2.01. The summed E-state index contributed by atoms with van der Waals surface area (Å²) in [6.07, 6.45) is 1.25. The molecule has 0 atom stereocenters. The van der Waals surface area contributed by atoms with E-state index in [-0.39, 0.29) is 30.8 Å². The smallest absolute Gasteiger partial charge is 0.243 e. The van der Waals surface area contributed by atoms with Gasteiger partial charge in [0.15, 0.2) is 0 Å². The van der Waals surface area contributed by atoms with E-state index in [0.717, 1.165) is 6.42 Å². The van der Waals surface area contributed by atoms with Gasteiger partial charge in [0.2, 0.25) is 17.7 Å². The van der Waals surface area contributed by atoms with Gasteiger partial charge in [0.05, 0.1) is 23.1 Å². The molecule has 1 aliphatic heterocycles. The van der Waals surface area contributed by atoms with E-state index in [9.17, 15) is 14.4 Å². The maximum Gasteiger partial charge on any atom is 0.243 e. The van der Waals surface area contributed by atoms with Crippen molar-refractivity contribution in [1.82, 2.24) is 9.80 Å². The zero-order valence-corrected chi connectivity index (χ0v) is 14.2. The van der Waals surface area contributed by atoms with E-state index >= 15 is 0 Å². The molecule has 1 aliphatic rings. The van der Waals surface area contributed by atoms with Gasteiger partial charge in [0.25, 0.3) is 0 Å². The normalized spacial score (nSPS) is 14.0. The van der Waals surface area contributed by atoms with Crippen LogP contribution in [0.15, 0.2) is 18.2 Å². The van der Waals surface area contributed by atoms with Crippen LogP contribution in [0.3, 0.4) is 0 Å². The van der Waals surface area contributed by atoms with E-state index in [1.54, 1.807) is 12.1 Å². The highest BCUT2D eigenvalue weighted by atomic mass is 35.5. The minimum atomic E-state index is -0.355. The van der Waals surface area contributed by atoms with Gasteiger partial charge < -0.3 is 15.1 Å². The van der Waals surface area contributed by atoms with Gasteiger partial charge in [-0.15, -0.1) is 0 Å². The lowest BCUT2D eigenvalue weighted by atomic mass is 10.3. The van der Waals surface area contributed by atoms with Crippen molar-refractivity contribution in [2.75, 3.05) is 32.0 Å². The van der Waals surface area contributed by atoms with Gasteiger partial charge in [0.1, 0.15) is 0 Å². The predicted molar refractivity (Wildman–Crippen MR) is 88.5 cm³/mol. The average molecular weight is 358 g/mol. The fraction of sp³-hybridized carbons (Fsp3) is 0.400. The minimum Gasteiger partial charge on any atom is -0.335 e. The number of hydrogen-bond acceptors (Lipinski definition) is 3. The van der Waals surface area contributed by atoms with Gasteiger partial charge in [-0.25, -0.2) is 0 Å². The van der Waals surface area contributed by atoms with Crippen LogP contribution >= 0.6 is 23.2 Å². The van der Waals surface area contributed by atoms with Crippen molar-refractivity contribution in [1.29, 1.82) is 0 Å². The van der Waals surface area contributed by atoms with Crippen LogP contribution < -0.4 is 5.32 Å². The monoisotopic (exact) mass is 357 g/mol. The minimum absolute atomic E-state index is 0.00931. The number of likely N-dealkylation sites (tertiary alicyclic amines) is 1. The summed E-state index contributed by atoms with van der Waals surface area (Å²) in [5, 5.41) is 3.37. The number of amides is 3. The van der Waals surface area contributed by atoms with Crippen molar-refractivity contribution in [3.05, 3.63) is 28.2 Å². The Balaban J connectivity index is 1.84. The number of rotatable bonds is 5. The highest BCUT2D eigenvalue weighted by molar-refractivity contribution is 6.42. The summed E-state index contributed by atoms with van der Waals surface area (Å²) < 4.78 is 0. The Morgan fingerprint density at radius 2 is 2.04 bits per heavy atom. The number of likely N-dealkylation sites (N-methyl/N-ethyl adjacent to an activating group) is 1. The summed E-state index contributed by atoms with van der Waals surface area (Å²) in [5.41, 5.74) is 0.500. The third kappa shape index (κ3) is 4.84. The number of benzene rings is 1. The molecule has 1 heterocycles. The second-order valence-electron chi connectivity index (χ2n) is 5.35. The molecule has 0 unspecified atom stereocenters. The topological polar surface area (TPSA) is 69.7 Å². The van der Waals surface area contributed by atoms with Gasteiger partial charge in [-0.3, -0.25) is 14.4 Å². The van der Waals surface area contributed by atoms with Gasteiger partial charge in [0, 0.05) is 25.7 Å². The first kappa shape index (κ1) is 17.6. The Morgan fingerprint density at radius 1 is 1.30 bits per heavy atom. The number of anilines is 1. The first-order valence-corrected chi connectivity index (χ1v) is 7.89. The number of nitrogens with zero attached hydrogens (tertiary/aromatic N) is 2. The fourth-order valence-corrected chi connectivity index (χ4v) is 2.53. The molecule has 6 nitrogen and oxygen atoms in total. The summed E-state index contributed by atoms with van der Waals surface area (Å²) >= 11 is 11.7. The lowest BCUT2D eigenvalue weighted by Crippen LogP contribution is -2.42. The summed E-state index contributed by atoms with van der Waals surface area (Å²) in [6.45, 7) is 0.490. The molecular formula is C15H17Cl2N3O3. The summed E-state index contributed by atoms with van der Waals surface area (Å²) in [4.78, 5) is 38.3. The lowest BCUT2D eigenvalue weighted by molar-refractivity contribution is -0.138. The van der Waals surface area contributed by atoms with E-state index in [4.69, 9.17) is 23.2 Å². The SMILES string of the molecule is CN(CC(=O)Nc1ccc(Cl)c(Cl)c1)C(=O)CN1CCCC1=O. The Kier molecular flexibility index (Phi) is 5.85. The van der Waals surface area contributed by atoms with E-state index in [1.807, 2.05) is 0 Å². The maximum absolute atomic E-state index is 12.0. The quantitative estimate of drug-likeness (QED) is 0.876. The number of carbonyl (C=O) groups is 3. The molecule has 0 aliphatic carbocycles. The zero-order chi connectivity index (χ0) is 17.0. The molecule has 0 bridgehead atoms. The fourth-order valence-electron chi connectivity index (χ4n) is 2.23. The van der Waals surface area contributed by atoms with Gasteiger partial charge in [-0.2, -0.15) is 0 Å². The van der Waals surface area contributed by atoms with Crippen molar-refractivity contribution in [3.63, 3.8) is 0 Å². The Bertz CT molecular complexity index is 636. The highest BCUT2D eigenvalue weighted by Crippen LogP contribution is 2.24. The summed E-state index contributed by atoms with van der Waals surface area (Å²) in [7, 11) is 1.53. The molecular weight excluding hydrogens is 341 g/mol. The van der Waals surface area contributed by atoms with E-state index in [0.29, 0.717) is 28.7 Å². The molecule has 1 fully saturated rings. The highest BCUT2D eigenvalue weighted by Gasteiger charge is 2.24. The second-order valence-corrected chi connectivity index (χ2v) is 6.16. The van der Waals surface area contributed by atoms with Crippen LogP contribution in [-0.4, -0.2) is 54.2 Å². The van der Waals surface area contributed by atoms with Crippen LogP contribution in [0.2, 0.25) is 10.0 Å². The lowest BCUT2D eigenvalue weighted by Gasteiger charge is -2.21. The summed E-state index contributed by atoms with van der Waals surface area (Å²) in [6, 6.07) is 4.73. The summed E-state index contributed by atoms with van der Waals surface area (Å²) in [5.74, 6) is -0.650. The van der Waals surface area contributed by atoms with Crippen LogP contribution in [0.5, 0.6) is 0 Å². The average Bonchev–Trinajstić information content (AvgIpc) is 2.88. The molecule has 0 saturated carbocycles. The molecule has 1 aromatic rings. The molecule has 3 amide bonds. The van der Waals surface area contributed by atoms with Crippen LogP contribution in [0.25, 0.3) is 0 Å². The van der Waals surface area contributed by atoms with E-state index in [1.165, 1.54) is 22.9 Å². The molecule has 0 aromatic heterocycles. The van der Waals surface area contributed by atoms with Crippen LogP contribution in [0.4, 0.5) is 5.69 Å². The molecule has 1 N–H and O–H groups in total. The van der Waals surface area contributed by atoms with Gasteiger partial charge in [-0.1, -0.05) is 23.2 Å². The van der Waals surface area contributed by atoms with Crippen molar-refractivity contribution in [2.45, 2.75) is 12.8 Å². The standard InChI is InChI=1S/C15H17Cl2N3O3/c1-19(15(23)9-20-6-2-3-14(20)22)8-13(21)18-10-4-5-11(16)12(17)7-10/h4-5,7H,2-3,6,8-9H2,1H3,(H,18,21). The molecule has 1 aromatic carbocycles. The Labute approximate surface area is 144 Å². The van der Waals surface area contributed by atoms with Crippen LogP contribution in [0, 0.1) is 0 Å². The van der Waals surface area contributed by atoms with Crippen molar-refractivity contribution in [3.8, 4) is 0 Å². The molecule has 8 heteroatoms. The number of carbonyl (C=O) groups excluding carboxylic acids is 3. The van der Waals surface area contributed by atoms with Crippen LogP contribution in [-0.2, 0) is 14.4 Å². The molecule has 2 rings (SSSR count). The van der Waals surface area contributed by atoms with Crippen LogP contribution in [0.1, 0.15) is 12.8 Å². The maximum atomic E-state index is 12.0. The number of halogens is 2. The largest absolute Gasteiger partial charge is 0.335 e. The molecule has 23 heavy (non-hydrogen) atoms. The van der Waals surface area contributed by atoms with E-state index < -0.39 is 0 Å². The number of hydrogen-bond donors (Lipinski definition) is 1. The number of nitrogens with one attached hydrogen (secondary N) is 1. The third-order valence-corrected chi connectivity index (χ3v) is 4.25. The Hall–Kier alpha value is -1.79. The van der Waals surface area contributed by atoms with E-state index in [2.05, 4.69) is 5.32 Å². The van der Waals surface area contributed by atoms with Crippen molar-refractivity contribution < 1.29 is 14.4 Å².